The molecule has 3 heterocycles. The van der Waals surface area contributed by atoms with E-state index in [0.29, 0.717) is 10.9 Å². The average Bonchev–Trinajstić information content (AvgIpc) is 2.80. The van der Waals surface area contributed by atoms with Gasteiger partial charge < -0.3 is 15.0 Å². The largest absolute Gasteiger partial charge is 0.383 e. The van der Waals surface area contributed by atoms with Gasteiger partial charge in [0.1, 0.15) is 12.2 Å². The number of nitrogens with zero attached hydrogens (tertiary/aromatic N) is 2. The van der Waals surface area contributed by atoms with Gasteiger partial charge in [-0.1, -0.05) is 37.1 Å². The molecule has 2 aliphatic heterocycles. The maximum absolute atomic E-state index is 6.50. The Labute approximate surface area is 194 Å². The molecule has 2 unspecified atom stereocenters. The van der Waals surface area contributed by atoms with E-state index in [0.717, 1.165) is 68.5 Å². The van der Waals surface area contributed by atoms with E-state index in [-0.39, 0.29) is 12.2 Å². The van der Waals surface area contributed by atoms with Crippen molar-refractivity contribution in [2.24, 2.45) is 5.92 Å². The highest BCUT2D eigenvalue weighted by Crippen LogP contribution is 2.39. The lowest BCUT2D eigenvalue weighted by atomic mass is 9.88. The van der Waals surface area contributed by atoms with E-state index >= 15 is 0 Å². The SMILES string of the molecule is CC(C)C1=CC2OC3(CCN(CCNc4ccnc5cc(Cl)ccc45)CC3)OOC2CC1. The molecular weight excluding hydrogens is 426 g/mol. The number of benzene rings is 1. The summed E-state index contributed by atoms with van der Waals surface area (Å²) in [6, 6.07) is 7.84. The number of hydrogen-bond donors (Lipinski definition) is 1. The number of rotatable bonds is 5. The summed E-state index contributed by atoms with van der Waals surface area (Å²) in [6.45, 7) is 8.17. The molecule has 5 rings (SSSR count). The van der Waals surface area contributed by atoms with Gasteiger partial charge in [-0.2, -0.15) is 0 Å². The highest BCUT2D eigenvalue weighted by atomic mass is 35.5. The van der Waals surface area contributed by atoms with Crippen molar-refractivity contribution in [2.75, 3.05) is 31.5 Å². The molecule has 0 saturated carbocycles. The minimum absolute atomic E-state index is 0.0107. The quantitative estimate of drug-likeness (QED) is 0.493. The summed E-state index contributed by atoms with van der Waals surface area (Å²) in [5.74, 6) is -0.0519. The number of nitrogens with one attached hydrogen (secondary N) is 1. The van der Waals surface area contributed by atoms with Crippen LogP contribution in [0.3, 0.4) is 0 Å². The van der Waals surface area contributed by atoms with Crippen molar-refractivity contribution in [3.05, 3.63) is 47.1 Å². The van der Waals surface area contributed by atoms with E-state index in [9.17, 15) is 0 Å². The Morgan fingerprint density at radius 3 is 2.91 bits per heavy atom. The lowest BCUT2D eigenvalue weighted by Gasteiger charge is -2.47. The van der Waals surface area contributed by atoms with Gasteiger partial charge in [-0.15, -0.1) is 0 Å². The van der Waals surface area contributed by atoms with Crippen LogP contribution in [0.4, 0.5) is 5.69 Å². The first-order valence-corrected chi connectivity index (χ1v) is 12.1. The number of anilines is 1. The minimum atomic E-state index is -0.610. The number of likely N-dealkylation sites (tertiary alicyclic amines) is 1. The number of fused-ring (bicyclic) bond motifs is 2. The molecule has 2 fully saturated rings. The molecule has 2 saturated heterocycles. The van der Waals surface area contributed by atoms with Gasteiger partial charge in [-0.3, -0.25) is 4.98 Å². The van der Waals surface area contributed by atoms with Crippen LogP contribution in [0, 0.1) is 5.92 Å². The smallest absolute Gasteiger partial charge is 0.204 e. The number of piperidine rings is 1. The third-order valence-corrected chi connectivity index (χ3v) is 7.18. The minimum Gasteiger partial charge on any atom is -0.383 e. The second-order valence-corrected chi connectivity index (χ2v) is 9.87. The van der Waals surface area contributed by atoms with Crippen molar-refractivity contribution >= 4 is 28.2 Å². The van der Waals surface area contributed by atoms with Crippen molar-refractivity contribution in [3.63, 3.8) is 0 Å². The van der Waals surface area contributed by atoms with Crippen molar-refractivity contribution in [2.45, 2.75) is 57.5 Å². The summed E-state index contributed by atoms with van der Waals surface area (Å²) < 4.78 is 6.50. The summed E-state index contributed by atoms with van der Waals surface area (Å²) in [7, 11) is 0. The molecule has 1 N–H and O–H groups in total. The fourth-order valence-corrected chi connectivity index (χ4v) is 5.09. The van der Waals surface area contributed by atoms with Gasteiger partial charge in [0.25, 0.3) is 0 Å². The van der Waals surface area contributed by atoms with E-state index in [1.54, 1.807) is 0 Å². The van der Waals surface area contributed by atoms with Crippen molar-refractivity contribution in [1.29, 1.82) is 0 Å². The normalized spacial score (nSPS) is 25.7. The monoisotopic (exact) mass is 457 g/mol. The summed E-state index contributed by atoms with van der Waals surface area (Å²) in [5, 5.41) is 5.35. The number of pyridine rings is 1. The molecule has 3 aliphatic rings. The molecule has 0 amide bonds. The molecule has 0 radical (unpaired) electrons. The van der Waals surface area contributed by atoms with Crippen LogP contribution in [0.5, 0.6) is 0 Å². The van der Waals surface area contributed by atoms with Gasteiger partial charge in [-0.05, 0) is 43.0 Å². The number of halogens is 1. The fourth-order valence-electron chi connectivity index (χ4n) is 4.93. The number of ether oxygens (including phenoxy) is 1. The molecule has 7 heteroatoms. The topological polar surface area (TPSA) is 55.9 Å². The molecule has 1 aliphatic carbocycles. The molecule has 2 atom stereocenters. The third-order valence-electron chi connectivity index (χ3n) is 6.94. The van der Waals surface area contributed by atoms with Crippen LogP contribution in [-0.2, 0) is 14.5 Å². The van der Waals surface area contributed by atoms with Crippen LogP contribution in [0.25, 0.3) is 10.9 Å². The van der Waals surface area contributed by atoms with Crippen LogP contribution in [0.1, 0.15) is 39.5 Å². The van der Waals surface area contributed by atoms with Crippen LogP contribution >= 0.6 is 11.6 Å². The molecular formula is C25H32ClN3O3. The Hall–Kier alpha value is -1.70. The van der Waals surface area contributed by atoms with E-state index in [1.807, 2.05) is 30.5 Å². The summed E-state index contributed by atoms with van der Waals surface area (Å²) >= 11 is 6.10. The molecule has 172 valence electrons. The second-order valence-electron chi connectivity index (χ2n) is 9.43. The molecule has 0 bridgehead atoms. The maximum atomic E-state index is 6.50. The highest BCUT2D eigenvalue weighted by molar-refractivity contribution is 6.31. The molecule has 1 aromatic heterocycles. The van der Waals surface area contributed by atoms with E-state index in [4.69, 9.17) is 26.1 Å². The Kier molecular flexibility index (Phi) is 6.41. The average molecular weight is 458 g/mol. The fraction of sp³-hybridized carbons (Fsp3) is 0.560. The zero-order chi connectivity index (χ0) is 22.1. The van der Waals surface area contributed by atoms with Crippen molar-refractivity contribution in [3.8, 4) is 0 Å². The van der Waals surface area contributed by atoms with E-state index in [2.05, 4.69) is 35.1 Å². The summed E-state index contributed by atoms with van der Waals surface area (Å²) in [5.41, 5.74) is 3.47. The summed E-state index contributed by atoms with van der Waals surface area (Å²) in [4.78, 5) is 18.5. The lowest BCUT2D eigenvalue weighted by Crippen LogP contribution is -2.56. The Morgan fingerprint density at radius 1 is 1.25 bits per heavy atom. The lowest BCUT2D eigenvalue weighted by molar-refractivity contribution is -0.504. The van der Waals surface area contributed by atoms with Crippen LogP contribution in [0.2, 0.25) is 5.02 Å². The predicted octanol–water partition coefficient (Wildman–Crippen LogP) is 5.18. The van der Waals surface area contributed by atoms with Gasteiger partial charge in [0.2, 0.25) is 5.79 Å². The number of allylic oxidation sites excluding steroid dienone is 1. The predicted molar refractivity (Wildman–Crippen MR) is 127 cm³/mol. The Morgan fingerprint density at radius 2 is 2.09 bits per heavy atom. The van der Waals surface area contributed by atoms with Gasteiger partial charge >= 0.3 is 0 Å². The number of hydrogen-bond acceptors (Lipinski definition) is 6. The summed E-state index contributed by atoms with van der Waals surface area (Å²) in [6.07, 6.45) is 7.81. The number of aromatic nitrogens is 1. The molecule has 1 aromatic carbocycles. The Bertz CT molecular complexity index is 988. The van der Waals surface area contributed by atoms with E-state index < -0.39 is 5.79 Å². The molecule has 6 nitrogen and oxygen atoms in total. The molecule has 1 spiro atoms. The zero-order valence-corrected chi connectivity index (χ0v) is 19.6. The third kappa shape index (κ3) is 4.66. The van der Waals surface area contributed by atoms with Gasteiger partial charge in [0, 0.05) is 61.3 Å². The first-order valence-electron chi connectivity index (χ1n) is 11.7. The first-order chi connectivity index (χ1) is 15.5. The standard InChI is InChI=1S/C25H32ClN3O3/c1-17(2)18-3-6-23-24(15-18)30-25(32-31-23)8-12-29(13-9-25)14-11-28-21-7-10-27-22-16-19(26)4-5-20(21)22/h4-5,7,10,15-17,23-24H,3,6,8-9,11-14H2,1-2H3,(H,27,28). The van der Waals surface area contributed by atoms with Gasteiger partial charge in [-0.25, -0.2) is 9.78 Å². The Balaban J connectivity index is 1.14. The van der Waals surface area contributed by atoms with E-state index in [1.165, 1.54) is 5.57 Å². The molecule has 32 heavy (non-hydrogen) atoms. The van der Waals surface area contributed by atoms with Crippen LogP contribution in [-0.4, -0.2) is 54.1 Å². The van der Waals surface area contributed by atoms with Gasteiger partial charge in [0.15, 0.2) is 0 Å². The maximum Gasteiger partial charge on any atom is 0.204 e. The van der Waals surface area contributed by atoms with Crippen molar-refractivity contribution in [1.82, 2.24) is 9.88 Å². The van der Waals surface area contributed by atoms with Crippen LogP contribution in [0.15, 0.2) is 42.1 Å². The highest BCUT2D eigenvalue weighted by Gasteiger charge is 2.46. The van der Waals surface area contributed by atoms with Crippen molar-refractivity contribution < 1.29 is 14.5 Å². The molecule has 2 aromatic rings. The second kappa shape index (κ2) is 9.27. The van der Waals surface area contributed by atoms with Crippen LogP contribution < -0.4 is 5.32 Å². The van der Waals surface area contributed by atoms with Gasteiger partial charge in [0.05, 0.1) is 5.52 Å². The zero-order valence-electron chi connectivity index (χ0n) is 18.9. The first kappa shape index (κ1) is 22.1.